The Bertz CT molecular complexity index is 214. The molecule has 0 aromatic heterocycles. The van der Waals surface area contributed by atoms with E-state index in [4.69, 9.17) is 0 Å². The molecule has 2 fully saturated rings. The van der Waals surface area contributed by atoms with E-state index in [-0.39, 0.29) is 0 Å². The van der Waals surface area contributed by atoms with Gasteiger partial charge >= 0.3 is 0 Å². The van der Waals surface area contributed by atoms with Gasteiger partial charge in [-0.25, -0.2) is 0 Å². The SMILES string of the molecule is CC(C)NCC1CCCN(C2CCCSC2)C1. The van der Waals surface area contributed by atoms with Crippen LogP contribution in [0.5, 0.6) is 0 Å². The standard InChI is InChI=1S/C14H28N2S/c1-12(2)15-9-13-5-3-7-16(10-13)14-6-4-8-17-11-14/h12-15H,3-11H2,1-2H3. The number of nitrogens with zero attached hydrogens (tertiary/aromatic N) is 1. The van der Waals surface area contributed by atoms with Crippen LogP contribution in [0.1, 0.15) is 39.5 Å². The van der Waals surface area contributed by atoms with Gasteiger partial charge in [0, 0.05) is 24.4 Å². The molecule has 0 aromatic carbocycles. The topological polar surface area (TPSA) is 15.3 Å². The molecule has 0 spiro atoms. The summed E-state index contributed by atoms with van der Waals surface area (Å²) in [7, 11) is 0. The van der Waals surface area contributed by atoms with Gasteiger partial charge in [0.05, 0.1) is 0 Å². The Balaban J connectivity index is 1.75. The minimum Gasteiger partial charge on any atom is -0.314 e. The van der Waals surface area contributed by atoms with Crippen molar-refractivity contribution in [3.63, 3.8) is 0 Å². The third-order valence-corrected chi connectivity index (χ3v) is 5.22. The summed E-state index contributed by atoms with van der Waals surface area (Å²) < 4.78 is 0. The molecule has 2 aliphatic heterocycles. The molecule has 0 bridgehead atoms. The highest BCUT2D eigenvalue weighted by atomic mass is 32.2. The molecule has 2 unspecified atom stereocenters. The zero-order valence-electron chi connectivity index (χ0n) is 11.5. The van der Waals surface area contributed by atoms with Crippen LogP contribution in [0.3, 0.4) is 0 Å². The second-order valence-electron chi connectivity index (χ2n) is 5.94. The summed E-state index contributed by atoms with van der Waals surface area (Å²) >= 11 is 2.16. The molecule has 100 valence electrons. The molecule has 1 N–H and O–H groups in total. The van der Waals surface area contributed by atoms with Gasteiger partial charge in [0.2, 0.25) is 0 Å². The lowest BCUT2D eigenvalue weighted by Crippen LogP contribution is -2.47. The summed E-state index contributed by atoms with van der Waals surface area (Å²) in [6.07, 6.45) is 5.71. The quantitative estimate of drug-likeness (QED) is 0.832. The van der Waals surface area contributed by atoms with Crippen molar-refractivity contribution in [2.24, 2.45) is 5.92 Å². The number of hydrogen-bond acceptors (Lipinski definition) is 3. The van der Waals surface area contributed by atoms with E-state index >= 15 is 0 Å². The maximum atomic E-state index is 3.61. The van der Waals surface area contributed by atoms with Crippen LogP contribution >= 0.6 is 11.8 Å². The lowest BCUT2D eigenvalue weighted by molar-refractivity contribution is 0.124. The fourth-order valence-electron chi connectivity index (χ4n) is 3.01. The third kappa shape index (κ3) is 4.46. The van der Waals surface area contributed by atoms with Crippen molar-refractivity contribution in [2.45, 2.75) is 51.6 Å². The van der Waals surface area contributed by atoms with Crippen molar-refractivity contribution >= 4 is 11.8 Å². The van der Waals surface area contributed by atoms with E-state index in [1.54, 1.807) is 0 Å². The average molecular weight is 256 g/mol. The van der Waals surface area contributed by atoms with Gasteiger partial charge in [-0.2, -0.15) is 11.8 Å². The first-order valence-corrected chi connectivity index (χ1v) is 8.46. The van der Waals surface area contributed by atoms with E-state index in [9.17, 15) is 0 Å². The summed E-state index contributed by atoms with van der Waals surface area (Å²) in [5.41, 5.74) is 0. The van der Waals surface area contributed by atoms with Gasteiger partial charge in [0.25, 0.3) is 0 Å². The van der Waals surface area contributed by atoms with Gasteiger partial charge in [0.1, 0.15) is 0 Å². The number of hydrogen-bond donors (Lipinski definition) is 1. The zero-order valence-corrected chi connectivity index (χ0v) is 12.3. The molecular formula is C14H28N2S. The number of thioether (sulfide) groups is 1. The van der Waals surface area contributed by atoms with E-state index in [0.717, 1.165) is 12.0 Å². The molecule has 0 amide bonds. The first-order valence-electron chi connectivity index (χ1n) is 7.31. The van der Waals surface area contributed by atoms with Crippen LogP contribution in [0.25, 0.3) is 0 Å². The van der Waals surface area contributed by atoms with Crippen LogP contribution in [0.2, 0.25) is 0 Å². The lowest BCUT2D eigenvalue weighted by Gasteiger charge is -2.40. The highest BCUT2D eigenvalue weighted by molar-refractivity contribution is 7.99. The summed E-state index contributed by atoms with van der Waals surface area (Å²) in [6.45, 7) is 8.40. The Kier molecular flexibility index (Phi) is 5.64. The van der Waals surface area contributed by atoms with Crippen molar-refractivity contribution in [3.8, 4) is 0 Å². The minimum atomic E-state index is 0.635. The molecule has 0 aromatic rings. The van der Waals surface area contributed by atoms with Crippen molar-refractivity contribution < 1.29 is 0 Å². The Morgan fingerprint density at radius 3 is 2.88 bits per heavy atom. The van der Waals surface area contributed by atoms with E-state index < -0.39 is 0 Å². The molecule has 0 saturated carbocycles. The van der Waals surface area contributed by atoms with Gasteiger partial charge in [-0.05, 0) is 50.4 Å². The summed E-state index contributed by atoms with van der Waals surface area (Å²) in [6, 6.07) is 1.52. The highest BCUT2D eigenvalue weighted by Crippen LogP contribution is 2.26. The fourth-order valence-corrected chi connectivity index (χ4v) is 4.20. The molecule has 0 aliphatic carbocycles. The molecule has 2 nitrogen and oxygen atoms in total. The second-order valence-corrected chi connectivity index (χ2v) is 7.09. The van der Waals surface area contributed by atoms with Crippen LogP contribution in [0.15, 0.2) is 0 Å². The Labute approximate surface area is 111 Å². The average Bonchev–Trinajstić information content (AvgIpc) is 2.38. The van der Waals surface area contributed by atoms with Crippen LogP contribution < -0.4 is 5.32 Å². The molecule has 17 heavy (non-hydrogen) atoms. The first kappa shape index (κ1) is 13.7. The van der Waals surface area contributed by atoms with Gasteiger partial charge in [0.15, 0.2) is 0 Å². The number of rotatable bonds is 4. The van der Waals surface area contributed by atoms with Gasteiger partial charge in [-0.3, -0.25) is 4.90 Å². The van der Waals surface area contributed by atoms with Gasteiger partial charge in [-0.15, -0.1) is 0 Å². The maximum absolute atomic E-state index is 3.61. The van der Waals surface area contributed by atoms with Crippen molar-refractivity contribution in [1.82, 2.24) is 10.2 Å². The highest BCUT2D eigenvalue weighted by Gasteiger charge is 2.26. The smallest absolute Gasteiger partial charge is 0.0186 e. The Hall–Kier alpha value is 0.270. The molecule has 2 heterocycles. The zero-order chi connectivity index (χ0) is 12.1. The van der Waals surface area contributed by atoms with E-state index in [0.29, 0.717) is 6.04 Å². The van der Waals surface area contributed by atoms with E-state index in [1.165, 1.54) is 56.8 Å². The molecule has 2 rings (SSSR count). The second kappa shape index (κ2) is 7.01. The molecule has 3 heteroatoms. The first-order chi connectivity index (χ1) is 8.25. The Morgan fingerprint density at radius 2 is 2.18 bits per heavy atom. The lowest BCUT2D eigenvalue weighted by atomic mass is 9.95. The van der Waals surface area contributed by atoms with Crippen LogP contribution in [0, 0.1) is 5.92 Å². The van der Waals surface area contributed by atoms with Crippen LogP contribution in [-0.2, 0) is 0 Å². The maximum Gasteiger partial charge on any atom is 0.0186 e. The summed E-state index contributed by atoms with van der Waals surface area (Å²) in [5.74, 6) is 3.66. The predicted octanol–water partition coefficient (Wildman–Crippen LogP) is 2.59. The molecule has 2 saturated heterocycles. The van der Waals surface area contributed by atoms with E-state index in [1.807, 2.05) is 0 Å². The predicted molar refractivity (Wildman–Crippen MR) is 77.8 cm³/mol. The normalized spacial score (nSPS) is 31.9. The van der Waals surface area contributed by atoms with Crippen LogP contribution in [0.4, 0.5) is 0 Å². The molecular weight excluding hydrogens is 228 g/mol. The number of nitrogens with one attached hydrogen (secondary N) is 1. The fraction of sp³-hybridized carbons (Fsp3) is 1.00. The van der Waals surface area contributed by atoms with Gasteiger partial charge < -0.3 is 5.32 Å². The summed E-state index contributed by atoms with van der Waals surface area (Å²) in [5, 5.41) is 3.61. The molecule has 2 aliphatic rings. The third-order valence-electron chi connectivity index (χ3n) is 4.02. The van der Waals surface area contributed by atoms with Crippen molar-refractivity contribution in [3.05, 3.63) is 0 Å². The monoisotopic (exact) mass is 256 g/mol. The van der Waals surface area contributed by atoms with Crippen molar-refractivity contribution in [2.75, 3.05) is 31.1 Å². The summed E-state index contributed by atoms with van der Waals surface area (Å²) in [4.78, 5) is 2.78. The minimum absolute atomic E-state index is 0.635. The van der Waals surface area contributed by atoms with Crippen LogP contribution in [-0.4, -0.2) is 48.1 Å². The Morgan fingerprint density at radius 1 is 1.29 bits per heavy atom. The number of likely N-dealkylation sites (tertiary alicyclic amines) is 1. The van der Waals surface area contributed by atoms with E-state index in [2.05, 4.69) is 35.8 Å². The van der Waals surface area contributed by atoms with Crippen molar-refractivity contribution in [1.29, 1.82) is 0 Å². The number of piperidine rings is 1. The van der Waals surface area contributed by atoms with Gasteiger partial charge in [-0.1, -0.05) is 13.8 Å². The molecule has 2 atom stereocenters. The largest absolute Gasteiger partial charge is 0.314 e. The molecule has 0 radical (unpaired) electrons.